The lowest BCUT2D eigenvalue weighted by Crippen LogP contribution is -2.11. The zero-order chi connectivity index (χ0) is 14.8. The van der Waals surface area contributed by atoms with Gasteiger partial charge < -0.3 is 9.84 Å². The number of benzene rings is 1. The molecule has 0 amide bonds. The summed E-state index contributed by atoms with van der Waals surface area (Å²) in [7, 11) is 0. The molecule has 0 bridgehead atoms. The van der Waals surface area contributed by atoms with Crippen LogP contribution in [0.4, 0.5) is 0 Å². The number of aliphatic hydroxyl groups excluding tert-OH is 1. The summed E-state index contributed by atoms with van der Waals surface area (Å²) >= 11 is 1.62. The second kappa shape index (κ2) is 5.94. The highest BCUT2D eigenvalue weighted by atomic mass is 32.1. The maximum absolute atomic E-state index is 9.56. The molecule has 1 aromatic carbocycles. The third-order valence-corrected chi connectivity index (χ3v) is 3.85. The van der Waals surface area contributed by atoms with Gasteiger partial charge in [0, 0.05) is 10.8 Å². The second-order valence-electron chi connectivity index (χ2n) is 5.91. The first kappa shape index (κ1) is 15.0. The molecule has 2 rings (SSSR count). The fourth-order valence-corrected chi connectivity index (χ4v) is 2.66. The fraction of sp³-hybridized carbons (Fsp3) is 0.438. The van der Waals surface area contributed by atoms with Gasteiger partial charge in [0.15, 0.2) is 0 Å². The van der Waals surface area contributed by atoms with E-state index in [1.165, 1.54) is 0 Å². The maximum Gasteiger partial charge on any atom is 0.140 e. The van der Waals surface area contributed by atoms with Gasteiger partial charge in [0.25, 0.3) is 0 Å². The molecule has 0 unspecified atom stereocenters. The molecule has 0 fully saturated rings. The number of thiazole rings is 1. The SMILES string of the molecule is C[C@H](O)c1cccc(OCc2nc(C(C)(C)C)cs2)c1. The molecule has 0 saturated heterocycles. The Bertz CT molecular complexity index is 570. The Hall–Kier alpha value is -1.39. The first-order valence-electron chi connectivity index (χ1n) is 6.72. The van der Waals surface area contributed by atoms with Crippen molar-refractivity contribution in [3.63, 3.8) is 0 Å². The van der Waals surface area contributed by atoms with Crippen molar-refractivity contribution in [3.05, 3.63) is 45.9 Å². The topological polar surface area (TPSA) is 42.4 Å². The molecule has 1 aromatic heterocycles. The van der Waals surface area contributed by atoms with Gasteiger partial charge >= 0.3 is 0 Å². The van der Waals surface area contributed by atoms with Gasteiger partial charge in [0.2, 0.25) is 0 Å². The van der Waals surface area contributed by atoms with Crippen molar-refractivity contribution in [2.75, 3.05) is 0 Å². The zero-order valence-electron chi connectivity index (χ0n) is 12.4. The second-order valence-corrected chi connectivity index (χ2v) is 6.86. The molecule has 108 valence electrons. The van der Waals surface area contributed by atoms with Crippen LogP contribution in [0.5, 0.6) is 5.75 Å². The number of hydrogen-bond donors (Lipinski definition) is 1. The van der Waals surface area contributed by atoms with Crippen molar-refractivity contribution in [1.82, 2.24) is 4.98 Å². The third kappa shape index (κ3) is 3.81. The third-order valence-electron chi connectivity index (χ3n) is 3.02. The van der Waals surface area contributed by atoms with Crippen LogP contribution in [-0.2, 0) is 12.0 Å². The first-order chi connectivity index (χ1) is 9.36. The number of rotatable bonds is 4. The number of nitrogens with zero attached hydrogens (tertiary/aromatic N) is 1. The van der Waals surface area contributed by atoms with Gasteiger partial charge in [-0.1, -0.05) is 32.9 Å². The molecule has 2 aromatic rings. The fourth-order valence-electron chi connectivity index (χ4n) is 1.73. The lowest BCUT2D eigenvalue weighted by atomic mass is 9.93. The lowest BCUT2D eigenvalue weighted by molar-refractivity contribution is 0.198. The van der Waals surface area contributed by atoms with Crippen LogP contribution < -0.4 is 4.74 Å². The van der Waals surface area contributed by atoms with E-state index in [9.17, 15) is 5.11 Å². The molecular weight excluding hydrogens is 270 g/mol. The molecule has 0 spiro atoms. The van der Waals surface area contributed by atoms with Gasteiger partial charge in [0.05, 0.1) is 11.8 Å². The van der Waals surface area contributed by atoms with Crippen LogP contribution in [0.15, 0.2) is 29.6 Å². The van der Waals surface area contributed by atoms with Crippen molar-refractivity contribution < 1.29 is 9.84 Å². The summed E-state index contributed by atoms with van der Waals surface area (Å²) in [6.45, 7) is 8.66. The van der Waals surface area contributed by atoms with Gasteiger partial charge in [-0.3, -0.25) is 0 Å². The number of hydrogen-bond acceptors (Lipinski definition) is 4. The zero-order valence-corrected chi connectivity index (χ0v) is 13.2. The van der Waals surface area contributed by atoms with Crippen LogP contribution in [0.3, 0.4) is 0 Å². The Kier molecular flexibility index (Phi) is 4.45. The van der Waals surface area contributed by atoms with Gasteiger partial charge in [-0.15, -0.1) is 11.3 Å². The van der Waals surface area contributed by atoms with Crippen LogP contribution in [0.1, 0.15) is 50.1 Å². The van der Waals surface area contributed by atoms with E-state index in [4.69, 9.17) is 4.74 Å². The smallest absolute Gasteiger partial charge is 0.140 e. The van der Waals surface area contributed by atoms with Crippen molar-refractivity contribution in [2.24, 2.45) is 0 Å². The largest absolute Gasteiger partial charge is 0.486 e. The molecule has 0 radical (unpaired) electrons. The summed E-state index contributed by atoms with van der Waals surface area (Å²) < 4.78 is 5.75. The highest BCUT2D eigenvalue weighted by Gasteiger charge is 2.17. The Morgan fingerprint density at radius 3 is 2.70 bits per heavy atom. The van der Waals surface area contributed by atoms with Gasteiger partial charge in [-0.2, -0.15) is 0 Å². The van der Waals surface area contributed by atoms with E-state index in [0.717, 1.165) is 22.0 Å². The molecule has 20 heavy (non-hydrogen) atoms. The maximum atomic E-state index is 9.56. The van der Waals surface area contributed by atoms with Crippen LogP contribution in [0.25, 0.3) is 0 Å². The summed E-state index contributed by atoms with van der Waals surface area (Å²) in [5.74, 6) is 0.760. The summed E-state index contributed by atoms with van der Waals surface area (Å²) in [6.07, 6.45) is -0.481. The average Bonchev–Trinajstić information content (AvgIpc) is 2.85. The normalized spacial score (nSPS) is 13.2. The molecule has 4 heteroatoms. The predicted molar refractivity (Wildman–Crippen MR) is 82.2 cm³/mol. The van der Waals surface area contributed by atoms with E-state index in [2.05, 4.69) is 31.1 Å². The molecule has 1 N–H and O–H groups in total. The van der Waals surface area contributed by atoms with Crippen LogP contribution in [0.2, 0.25) is 0 Å². The van der Waals surface area contributed by atoms with E-state index < -0.39 is 6.10 Å². The summed E-state index contributed by atoms with van der Waals surface area (Å²) in [5.41, 5.74) is 2.02. The molecular formula is C16H21NO2S. The number of ether oxygens (including phenoxy) is 1. The molecule has 1 atom stereocenters. The van der Waals surface area contributed by atoms with Crippen LogP contribution in [-0.4, -0.2) is 10.1 Å². The van der Waals surface area contributed by atoms with Gasteiger partial charge in [0.1, 0.15) is 17.4 Å². The molecule has 3 nitrogen and oxygen atoms in total. The van der Waals surface area contributed by atoms with E-state index in [1.54, 1.807) is 18.3 Å². The Labute approximate surface area is 124 Å². The average molecular weight is 291 g/mol. The van der Waals surface area contributed by atoms with E-state index in [-0.39, 0.29) is 5.41 Å². The molecule has 1 heterocycles. The standard InChI is InChI=1S/C16H21NO2S/c1-11(18)12-6-5-7-13(8-12)19-9-15-17-14(10-20-15)16(2,3)4/h5-8,10-11,18H,9H2,1-4H3/t11-/m0/s1. The highest BCUT2D eigenvalue weighted by Crippen LogP contribution is 2.25. The predicted octanol–water partition coefficient (Wildman–Crippen LogP) is 4.07. The van der Waals surface area contributed by atoms with Crippen molar-refractivity contribution in [1.29, 1.82) is 0 Å². The Balaban J connectivity index is 2.02. The van der Waals surface area contributed by atoms with Crippen molar-refractivity contribution in [3.8, 4) is 5.75 Å². The minimum Gasteiger partial charge on any atom is -0.486 e. The van der Waals surface area contributed by atoms with E-state index >= 15 is 0 Å². The quantitative estimate of drug-likeness (QED) is 0.923. The minimum atomic E-state index is -0.481. The number of aliphatic hydroxyl groups is 1. The van der Waals surface area contributed by atoms with Crippen LogP contribution >= 0.6 is 11.3 Å². The highest BCUT2D eigenvalue weighted by molar-refractivity contribution is 7.09. The first-order valence-corrected chi connectivity index (χ1v) is 7.60. The molecule has 0 aliphatic carbocycles. The minimum absolute atomic E-state index is 0.0704. The van der Waals surface area contributed by atoms with E-state index in [1.807, 2.05) is 24.3 Å². The summed E-state index contributed by atoms with van der Waals surface area (Å²) in [6, 6.07) is 7.53. The Morgan fingerprint density at radius 2 is 2.10 bits per heavy atom. The Morgan fingerprint density at radius 1 is 1.35 bits per heavy atom. The van der Waals surface area contributed by atoms with Crippen LogP contribution in [0, 0.1) is 0 Å². The summed E-state index contributed by atoms with van der Waals surface area (Å²) in [4.78, 5) is 4.60. The molecule has 0 saturated carbocycles. The monoisotopic (exact) mass is 291 g/mol. The van der Waals surface area contributed by atoms with Gasteiger partial charge in [-0.05, 0) is 24.6 Å². The number of aromatic nitrogens is 1. The lowest BCUT2D eigenvalue weighted by Gasteiger charge is -2.14. The molecule has 0 aliphatic rings. The van der Waals surface area contributed by atoms with Crippen molar-refractivity contribution >= 4 is 11.3 Å². The van der Waals surface area contributed by atoms with E-state index in [0.29, 0.717) is 6.61 Å². The van der Waals surface area contributed by atoms with Gasteiger partial charge in [-0.25, -0.2) is 4.98 Å². The molecule has 0 aliphatic heterocycles. The summed E-state index contributed by atoms with van der Waals surface area (Å²) in [5, 5.41) is 12.6. The van der Waals surface area contributed by atoms with Crippen molar-refractivity contribution in [2.45, 2.75) is 45.8 Å².